The number of nitrogens with one attached hydrogen (secondary N) is 1. The fraction of sp³-hybridized carbons (Fsp3) is 0.667. The molecule has 0 aromatic carbocycles. The SMILES string of the molecule is CCOC(CC)C(NC)C1CCc2cccnc21. The van der Waals surface area contributed by atoms with Crippen LogP contribution in [0.2, 0.25) is 0 Å². The Labute approximate surface area is 110 Å². The summed E-state index contributed by atoms with van der Waals surface area (Å²) in [5.74, 6) is 0.489. The van der Waals surface area contributed by atoms with E-state index in [1.807, 2.05) is 19.3 Å². The highest BCUT2D eigenvalue weighted by molar-refractivity contribution is 5.30. The third-order valence-corrected chi connectivity index (χ3v) is 3.95. The smallest absolute Gasteiger partial charge is 0.0731 e. The monoisotopic (exact) mass is 248 g/mol. The van der Waals surface area contributed by atoms with E-state index < -0.39 is 0 Å². The van der Waals surface area contributed by atoms with E-state index >= 15 is 0 Å². The summed E-state index contributed by atoms with van der Waals surface area (Å²) in [5.41, 5.74) is 2.68. The van der Waals surface area contributed by atoms with Crippen LogP contribution in [0.25, 0.3) is 0 Å². The van der Waals surface area contributed by atoms with E-state index in [-0.39, 0.29) is 6.10 Å². The zero-order valence-corrected chi connectivity index (χ0v) is 11.6. The van der Waals surface area contributed by atoms with Crippen molar-refractivity contribution in [3.8, 4) is 0 Å². The van der Waals surface area contributed by atoms with Crippen LogP contribution in [-0.4, -0.2) is 30.8 Å². The minimum absolute atomic E-state index is 0.276. The summed E-state index contributed by atoms with van der Waals surface area (Å²) in [4.78, 5) is 4.59. The highest BCUT2D eigenvalue weighted by Gasteiger charge is 2.34. The molecule has 3 nitrogen and oxygen atoms in total. The van der Waals surface area contributed by atoms with Crippen molar-refractivity contribution in [2.75, 3.05) is 13.7 Å². The number of likely N-dealkylation sites (N-methyl/N-ethyl adjacent to an activating group) is 1. The number of aryl methyl sites for hydroxylation is 1. The normalized spacial score (nSPS) is 21.6. The van der Waals surface area contributed by atoms with Gasteiger partial charge in [0.15, 0.2) is 0 Å². The van der Waals surface area contributed by atoms with Gasteiger partial charge in [0, 0.05) is 30.5 Å². The van der Waals surface area contributed by atoms with E-state index in [4.69, 9.17) is 4.74 Å². The van der Waals surface area contributed by atoms with E-state index in [0.717, 1.165) is 19.4 Å². The second-order valence-corrected chi connectivity index (χ2v) is 4.91. The van der Waals surface area contributed by atoms with Gasteiger partial charge in [0.05, 0.1) is 6.10 Å². The van der Waals surface area contributed by atoms with Gasteiger partial charge in [0.25, 0.3) is 0 Å². The molecule has 100 valence electrons. The maximum atomic E-state index is 5.88. The van der Waals surface area contributed by atoms with E-state index in [0.29, 0.717) is 12.0 Å². The van der Waals surface area contributed by atoms with E-state index in [1.165, 1.54) is 17.7 Å². The lowest BCUT2D eigenvalue weighted by Crippen LogP contribution is -2.43. The van der Waals surface area contributed by atoms with Crippen molar-refractivity contribution in [3.05, 3.63) is 29.6 Å². The van der Waals surface area contributed by atoms with Gasteiger partial charge in [-0.15, -0.1) is 0 Å². The molecule has 3 unspecified atom stereocenters. The molecule has 0 saturated heterocycles. The van der Waals surface area contributed by atoms with Gasteiger partial charge in [-0.2, -0.15) is 0 Å². The van der Waals surface area contributed by atoms with Crippen molar-refractivity contribution in [3.63, 3.8) is 0 Å². The number of fused-ring (bicyclic) bond motifs is 1. The number of aromatic nitrogens is 1. The Morgan fingerprint density at radius 2 is 2.33 bits per heavy atom. The first-order valence-electron chi connectivity index (χ1n) is 7.04. The molecule has 0 amide bonds. The highest BCUT2D eigenvalue weighted by atomic mass is 16.5. The number of nitrogens with zero attached hydrogens (tertiary/aromatic N) is 1. The standard InChI is InChI=1S/C15H24N2O/c1-4-13(18-5-2)15(16-3)12-9-8-11-7-6-10-17-14(11)12/h6-7,10,12-13,15-16H,4-5,8-9H2,1-3H3. The Hall–Kier alpha value is -0.930. The quantitative estimate of drug-likeness (QED) is 0.840. The van der Waals surface area contributed by atoms with Crippen molar-refractivity contribution in [1.82, 2.24) is 10.3 Å². The van der Waals surface area contributed by atoms with Crippen LogP contribution in [0.15, 0.2) is 18.3 Å². The Kier molecular flexibility index (Phi) is 4.72. The molecule has 1 aromatic rings. The molecule has 1 N–H and O–H groups in total. The van der Waals surface area contributed by atoms with Gasteiger partial charge in [-0.1, -0.05) is 13.0 Å². The van der Waals surface area contributed by atoms with Crippen molar-refractivity contribution >= 4 is 0 Å². The maximum Gasteiger partial charge on any atom is 0.0731 e. The van der Waals surface area contributed by atoms with Crippen molar-refractivity contribution in [2.24, 2.45) is 0 Å². The zero-order valence-electron chi connectivity index (χ0n) is 11.6. The van der Waals surface area contributed by atoms with E-state index in [9.17, 15) is 0 Å². The lowest BCUT2D eigenvalue weighted by atomic mass is 9.91. The average molecular weight is 248 g/mol. The van der Waals surface area contributed by atoms with Crippen LogP contribution in [0.1, 0.15) is 43.9 Å². The van der Waals surface area contributed by atoms with Gasteiger partial charge < -0.3 is 10.1 Å². The summed E-state index contributed by atoms with van der Waals surface area (Å²) < 4.78 is 5.88. The molecule has 0 saturated carbocycles. The topological polar surface area (TPSA) is 34.1 Å². The maximum absolute atomic E-state index is 5.88. The Balaban J connectivity index is 2.19. The highest BCUT2D eigenvalue weighted by Crippen LogP contribution is 2.35. The van der Waals surface area contributed by atoms with Crippen LogP contribution in [-0.2, 0) is 11.2 Å². The third kappa shape index (κ3) is 2.57. The van der Waals surface area contributed by atoms with Gasteiger partial charge in [-0.25, -0.2) is 0 Å². The van der Waals surface area contributed by atoms with Crippen LogP contribution in [0.5, 0.6) is 0 Å². The summed E-state index contributed by atoms with van der Waals surface area (Å²) >= 11 is 0. The molecule has 18 heavy (non-hydrogen) atoms. The second-order valence-electron chi connectivity index (χ2n) is 4.91. The predicted molar refractivity (Wildman–Crippen MR) is 73.9 cm³/mol. The van der Waals surface area contributed by atoms with Crippen molar-refractivity contribution in [2.45, 2.75) is 51.2 Å². The summed E-state index contributed by atoms with van der Waals surface area (Å²) in [5, 5.41) is 3.46. The molecular weight excluding hydrogens is 224 g/mol. The fourth-order valence-electron chi connectivity index (χ4n) is 3.13. The Morgan fingerprint density at radius 3 is 3.00 bits per heavy atom. The molecule has 0 aliphatic heterocycles. The molecule has 0 radical (unpaired) electrons. The van der Waals surface area contributed by atoms with Gasteiger partial charge >= 0.3 is 0 Å². The molecule has 0 fully saturated rings. The largest absolute Gasteiger partial charge is 0.377 e. The van der Waals surface area contributed by atoms with Gasteiger partial charge in [-0.3, -0.25) is 4.98 Å². The Bertz CT molecular complexity index is 381. The van der Waals surface area contributed by atoms with Gasteiger partial charge in [-0.05, 0) is 44.9 Å². The van der Waals surface area contributed by atoms with Crippen LogP contribution < -0.4 is 5.32 Å². The third-order valence-electron chi connectivity index (χ3n) is 3.95. The van der Waals surface area contributed by atoms with Crippen LogP contribution >= 0.6 is 0 Å². The lowest BCUT2D eigenvalue weighted by Gasteiger charge is -2.30. The van der Waals surface area contributed by atoms with Crippen LogP contribution in [0.4, 0.5) is 0 Å². The summed E-state index contributed by atoms with van der Waals surface area (Å²) in [6.07, 6.45) is 5.55. The first-order chi connectivity index (χ1) is 8.81. The van der Waals surface area contributed by atoms with Crippen LogP contribution in [0.3, 0.4) is 0 Å². The molecular formula is C15H24N2O. The second kappa shape index (κ2) is 6.30. The molecule has 1 aliphatic carbocycles. The number of ether oxygens (including phenoxy) is 1. The average Bonchev–Trinajstić information content (AvgIpc) is 2.83. The summed E-state index contributed by atoms with van der Waals surface area (Å²) in [7, 11) is 2.04. The summed E-state index contributed by atoms with van der Waals surface area (Å²) in [6.45, 7) is 5.04. The van der Waals surface area contributed by atoms with Crippen molar-refractivity contribution in [1.29, 1.82) is 0 Å². The first-order valence-corrected chi connectivity index (χ1v) is 7.04. The van der Waals surface area contributed by atoms with Gasteiger partial charge in [0.2, 0.25) is 0 Å². The van der Waals surface area contributed by atoms with E-state index in [1.54, 1.807) is 0 Å². The van der Waals surface area contributed by atoms with E-state index in [2.05, 4.69) is 30.2 Å². The molecule has 1 heterocycles. The lowest BCUT2D eigenvalue weighted by molar-refractivity contribution is 0.0262. The number of rotatable bonds is 6. The molecule has 1 aromatic heterocycles. The number of pyridine rings is 1. The number of hydrogen-bond acceptors (Lipinski definition) is 3. The minimum Gasteiger partial charge on any atom is -0.377 e. The Morgan fingerprint density at radius 1 is 1.50 bits per heavy atom. The molecule has 3 atom stereocenters. The fourth-order valence-corrected chi connectivity index (χ4v) is 3.13. The zero-order chi connectivity index (χ0) is 13.0. The van der Waals surface area contributed by atoms with Gasteiger partial charge in [0.1, 0.15) is 0 Å². The predicted octanol–water partition coefficient (Wildman–Crippen LogP) is 2.51. The summed E-state index contributed by atoms with van der Waals surface area (Å²) in [6, 6.07) is 4.61. The molecule has 0 bridgehead atoms. The molecule has 1 aliphatic rings. The minimum atomic E-state index is 0.276. The van der Waals surface area contributed by atoms with Crippen molar-refractivity contribution < 1.29 is 4.74 Å². The van der Waals surface area contributed by atoms with Crippen LogP contribution in [0, 0.1) is 0 Å². The first kappa shape index (κ1) is 13.5. The molecule has 0 spiro atoms. The molecule has 2 rings (SSSR count). The number of hydrogen-bond donors (Lipinski definition) is 1. The molecule has 3 heteroatoms.